The van der Waals surface area contributed by atoms with Crippen molar-refractivity contribution in [3.8, 4) is 0 Å². The molecule has 1 heterocycles. The molecule has 7 heteroatoms. The van der Waals surface area contributed by atoms with E-state index in [4.69, 9.17) is 5.11 Å². The lowest BCUT2D eigenvalue weighted by Gasteiger charge is -2.43. The highest BCUT2D eigenvalue weighted by molar-refractivity contribution is 5.73. The molecule has 0 aliphatic carbocycles. The molecule has 7 nitrogen and oxygen atoms in total. The topological polar surface area (TPSA) is 119 Å². The Morgan fingerprint density at radius 3 is 2.43 bits per heavy atom. The van der Waals surface area contributed by atoms with Crippen LogP contribution in [-0.2, 0) is 14.3 Å². The maximum atomic E-state index is 11.1. The van der Waals surface area contributed by atoms with Crippen LogP contribution in [0.25, 0.3) is 0 Å². The molecule has 5 atom stereocenters. The van der Waals surface area contributed by atoms with E-state index in [0.29, 0.717) is 0 Å². The highest BCUT2D eigenvalue weighted by atomic mass is 16.7. The zero-order valence-corrected chi connectivity index (χ0v) is 7.36. The second-order valence-corrected chi connectivity index (χ2v) is 2.94. The van der Waals surface area contributed by atoms with E-state index in [1.807, 2.05) is 0 Å². The Morgan fingerprint density at radius 1 is 1.43 bits per heavy atom. The number of aliphatic hydroxyl groups is 2. The zero-order chi connectivity index (χ0) is 10.9. The van der Waals surface area contributed by atoms with Gasteiger partial charge in [0.1, 0.15) is 12.2 Å². The largest absolute Gasteiger partial charge is 0.829 e. The second-order valence-electron chi connectivity index (χ2n) is 2.94. The number of carboxylic acid groups (broad SMARTS) is 1. The summed E-state index contributed by atoms with van der Waals surface area (Å²) >= 11 is 0. The molecule has 0 radical (unpaired) electrons. The van der Waals surface area contributed by atoms with Gasteiger partial charge in [-0.15, -0.1) is 0 Å². The van der Waals surface area contributed by atoms with Gasteiger partial charge < -0.3 is 29.9 Å². The summed E-state index contributed by atoms with van der Waals surface area (Å²) in [5.41, 5.74) is 0. The van der Waals surface area contributed by atoms with Gasteiger partial charge in [0.05, 0.1) is 6.10 Å². The average Bonchev–Trinajstić information content (AvgIpc) is 2.12. The number of aliphatic hydroxyl groups excluding tert-OH is 2. The first-order chi connectivity index (χ1) is 6.49. The molecule has 1 fully saturated rings. The molecule has 1 unspecified atom stereocenters. The van der Waals surface area contributed by atoms with Crippen LogP contribution in [-0.4, -0.2) is 59.1 Å². The highest BCUT2D eigenvalue weighted by Crippen LogP contribution is 2.20. The van der Waals surface area contributed by atoms with Crippen LogP contribution in [0.1, 0.15) is 0 Å². The molecule has 0 aromatic carbocycles. The summed E-state index contributed by atoms with van der Waals surface area (Å²) in [5.74, 6) is -1.49. The van der Waals surface area contributed by atoms with E-state index in [2.05, 4.69) is 9.47 Å². The first-order valence-electron chi connectivity index (χ1n) is 3.92. The molecule has 82 valence electrons. The molecule has 1 aliphatic heterocycles. The lowest BCUT2D eigenvalue weighted by atomic mass is 9.99. The number of aliphatic carboxylic acids is 1. The number of hydrogen-bond acceptors (Lipinski definition) is 6. The van der Waals surface area contributed by atoms with Gasteiger partial charge in [-0.3, -0.25) is 0 Å². The standard InChI is InChI=1S/C7H11O7/c1-13-5-3(9)2(8)4(6(10)11)14-7(5)12/h2-5,7-9H,1H3,(H,10,11)/q-1/t2-,3-,4-,5+,7?/m0/s1. The second kappa shape index (κ2) is 4.20. The lowest BCUT2D eigenvalue weighted by molar-refractivity contribution is -0.530. The van der Waals surface area contributed by atoms with Crippen LogP contribution in [0.15, 0.2) is 0 Å². The van der Waals surface area contributed by atoms with E-state index >= 15 is 0 Å². The van der Waals surface area contributed by atoms with E-state index in [0.717, 1.165) is 7.11 Å². The van der Waals surface area contributed by atoms with Crippen molar-refractivity contribution in [3.05, 3.63) is 0 Å². The number of carbonyl (C=O) groups is 1. The maximum absolute atomic E-state index is 11.1. The normalized spacial score (nSPS) is 43.6. The molecule has 14 heavy (non-hydrogen) atoms. The third-order valence-electron chi connectivity index (χ3n) is 2.06. The van der Waals surface area contributed by atoms with Crippen LogP contribution in [0.5, 0.6) is 0 Å². The van der Waals surface area contributed by atoms with Crippen molar-refractivity contribution in [2.75, 3.05) is 7.11 Å². The van der Waals surface area contributed by atoms with Gasteiger partial charge in [-0.05, 0) is 0 Å². The van der Waals surface area contributed by atoms with Gasteiger partial charge in [0.15, 0.2) is 6.10 Å². The van der Waals surface area contributed by atoms with Crippen molar-refractivity contribution in [3.63, 3.8) is 0 Å². The Morgan fingerprint density at radius 2 is 2.00 bits per heavy atom. The molecule has 1 rings (SSSR count). The Kier molecular flexibility index (Phi) is 3.40. The Labute approximate surface area is 79.5 Å². The lowest BCUT2D eigenvalue weighted by Crippen LogP contribution is -2.63. The Balaban J connectivity index is 2.77. The Hall–Kier alpha value is -0.730. The molecule has 0 spiro atoms. The van der Waals surface area contributed by atoms with E-state index in [9.17, 15) is 20.1 Å². The smallest absolute Gasteiger partial charge is 0.335 e. The number of ether oxygens (including phenoxy) is 2. The van der Waals surface area contributed by atoms with Gasteiger partial charge in [-0.25, -0.2) is 4.79 Å². The first-order valence-corrected chi connectivity index (χ1v) is 3.92. The quantitative estimate of drug-likeness (QED) is 0.438. The zero-order valence-electron chi connectivity index (χ0n) is 7.36. The summed E-state index contributed by atoms with van der Waals surface area (Å²) in [5, 5.41) is 38.2. The molecular weight excluding hydrogens is 196 g/mol. The van der Waals surface area contributed by atoms with Crippen LogP contribution in [0.3, 0.4) is 0 Å². The SMILES string of the molecule is CO[C@H]1C([O-])O[C@H](C(=O)O)[C@@H](O)[C@@H]1O. The molecule has 0 amide bonds. The molecule has 1 aliphatic rings. The highest BCUT2D eigenvalue weighted by Gasteiger charge is 2.43. The molecule has 0 aromatic rings. The fraction of sp³-hybridized carbons (Fsp3) is 0.857. The van der Waals surface area contributed by atoms with Gasteiger partial charge in [-0.2, -0.15) is 0 Å². The average molecular weight is 207 g/mol. The van der Waals surface area contributed by atoms with Crippen LogP contribution >= 0.6 is 0 Å². The van der Waals surface area contributed by atoms with Gasteiger partial charge >= 0.3 is 5.97 Å². The first kappa shape index (κ1) is 11.3. The maximum Gasteiger partial charge on any atom is 0.335 e. The van der Waals surface area contributed by atoms with Crippen molar-refractivity contribution in [1.29, 1.82) is 0 Å². The van der Waals surface area contributed by atoms with Gasteiger partial charge in [0.25, 0.3) is 0 Å². The molecule has 1 saturated heterocycles. The summed E-state index contributed by atoms with van der Waals surface area (Å²) in [7, 11) is 1.16. The number of methoxy groups -OCH3 is 1. The van der Waals surface area contributed by atoms with Gasteiger partial charge in [0.2, 0.25) is 0 Å². The van der Waals surface area contributed by atoms with Crippen LogP contribution in [0.2, 0.25) is 0 Å². The van der Waals surface area contributed by atoms with Crippen LogP contribution in [0.4, 0.5) is 0 Å². The Bertz CT molecular complexity index is 218. The minimum absolute atomic E-state index is 1.16. The fourth-order valence-corrected chi connectivity index (χ4v) is 1.29. The summed E-state index contributed by atoms with van der Waals surface area (Å²) in [6.45, 7) is 0. The summed E-state index contributed by atoms with van der Waals surface area (Å²) in [6.07, 6.45) is -8.01. The minimum atomic E-state index is -1.82. The van der Waals surface area contributed by atoms with Crippen molar-refractivity contribution in [1.82, 2.24) is 0 Å². The molecule has 3 N–H and O–H groups in total. The molecule has 0 bridgehead atoms. The van der Waals surface area contributed by atoms with Crippen LogP contribution < -0.4 is 5.11 Å². The molecular formula is C7H11O7-. The van der Waals surface area contributed by atoms with E-state index < -0.39 is 36.7 Å². The van der Waals surface area contributed by atoms with Gasteiger partial charge in [0, 0.05) is 13.4 Å². The number of carboxylic acids is 1. The number of hydrogen-bond donors (Lipinski definition) is 3. The van der Waals surface area contributed by atoms with Gasteiger partial charge in [-0.1, -0.05) is 0 Å². The summed E-state index contributed by atoms with van der Waals surface area (Å²) in [4.78, 5) is 10.5. The predicted octanol–water partition coefficient (Wildman–Crippen LogP) is -3.11. The number of rotatable bonds is 2. The minimum Gasteiger partial charge on any atom is -0.829 e. The van der Waals surface area contributed by atoms with E-state index in [1.54, 1.807) is 0 Å². The summed E-state index contributed by atoms with van der Waals surface area (Å²) < 4.78 is 9.02. The molecule has 0 aromatic heterocycles. The monoisotopic (exact) mass is 207 g/mol. The van der Waals surface area contributed by atoms with Crippen molar-refractivity contribution in [2.24, 2.45) is 0 Å². The van der Waals surface area contributed by atoms with Crippen molar-refractivity contribution in [2.45, 2.75) is 30.7 Å². The fourth-order valence-electron chi connectivity index (χ4n) is 1.29. The van der Waals surface area contributed by atoms with E-state index in [-0.39, 0.29) is 0 Å². The summed E-state index contributed by atoms with van der Waals surface area (Å²) in [6, 6.07) is 0. The third kappa shape index (κ3) is 1.86. The van der Waals surface area contributed by atoms with Crippen LogP contribution in [0, 0.1) is 0 Å². The third-order valence-corrected chi connectivity index (χ3v) is 2.06. The van der Waals surface area contributed by atoms with E-state index in [1.165, 1.54) is 0 Å². The molecule has 0 saturated carbocycles. The predicted molar refractivity (Wildman–Crippen MR) is 39.1 cm³/mol. The van der Waals surface area contributed by atoms with Crippen molar-refractivity contribution >= 4 is 5.97 Å². The van der Waals surface area contributed by atoms with Crippen molar-refractivity contribution < 1.29 is 34.7 Å².